The highest BCUT2D eigenvalue weighted by atomic mass is 16.2. The number of carbonyl (C=O) groups excluding carboxylic acids is 1. The predicted octanol–water partition coefficient (Wildman–Crippen LogP) is 4.40. The van der Waals surface area contributed by atoms with Crippen molar-refractivity contribution in [2.45, 2.75) is 33.9 Å². The third-order valence-electron chi connectivity index (χ3n) is 4.56. The second kappa shape index (κ2) is 7.91. The van der Waals surface area contributed by atoms with Crippen molar-refractivity contribution in [2.75, 3.05) is 0 Å². The first-order valence-corrected chi connectivity index (χ1v) is 8.85. The summed E-state index contributed by atoms with van der Waals surface area (Å²) in [7, 11) is 0. The molecule has 0 aliphatic heterocycles. The molecule has 2 N–H and O–H groups in total. The van der Waals surface area contributed by atoms with Gasteiger partial charge in [-0.2, -0.15) is 0 Å². The molecule has 0 spiro atoms. The highest BCUT2D eigenvalue weighted by Crippen LogP contribution is 2.21. The highest BCUT2D eigenvalue weighted by molar-refractivity contribution is 5.73. The standard InChI is InChI=1S/C22H25N3O/c1-16-9-11-21(12-10-16)25-17(2)13-20(18(25)3)15-24-22(26)23-14-19-7-5-4-6-8-19/h4-13H,14-15H2,1-3H3,(H2,23,24,26). The molecular weight excluding hydrogens is 322 g/mol. The number of hydrogen-bond donors (Lipinski definition) is 2. The van der Waals surface area contributed by atoms with Gasteiger partial charge >= 0.3 is 6.03 Å². The minimum atomic E-state index is -0.158. The van der Waals surface area contributed by atoms with Gasteiger partial charge in [0.1, 0.15) is 0 Å². The fourth-order valence-electron chi connectivity index (χ4n) is 3.12. The zero-order valence-corrected chi connectivity index (χ0v) is 15.5. The Morgan fingerprint density at radius 1 is 0.885 bits per heavy atom. The van der Waals surface area contributed by atoms with E-state index in [4.69, 9.17) is 0 Å². The number of aromatic nitrogens is 1. The molecule has 1 heterocycles. The van der Waals surface area contributed by atoms with Crippen molar-refractivity contribution in [1.82, 2.24) is 15.2 Å². The third kappa shape index (κ3) is 4.14. The monoisotopic (exact) mass is 347 g/mol. The van der Waals surface area contributed by atoms with Crippen LogP contribution in [0.25, 0.3) is 5.69 Å². The van der Waals surface area contributed by atoms with Crippen LogP contribution in [0, 0.1) is 20.8 Å². The SMILES string of the molecule is Cc1ccc(-n2c(C)cc(CNC(=O)NCc3ccccc3)c2C)cc1. The van der Waals surface area contributed by atoms with Gasteiger partial charge in [-0.3, -0.25) is 0 Å². The summed E-state index contributed by atoms with van der Waals surface area (Å²) in [6, 6.07) is 20.3. The molecule has 2 amide bonds. The maximum atomic E-state index is 12.1. The Morgan fingerprint density at radius 3 is 2.23 bits per heavy atom. The van der Waals surface area contributed by atoms with Crippen LogP contribution in [0.5, 0.6) is 0 Å². The van der Waals surface area contributed by atoms with E-state index in [-0.39, 0.29) is 6.03 Å². The molecule has 3 aromatic rings. The predicted molar refractivity (Wildman–Crippen MR) is 105 cm³/mol. The van der Waals surface area contributed by atoms with E-state index >= 15 is 0 Å². The van der Waals surface area contributed by atoms with Gasteiger partial charge < -0.3 is 15.2 Å². The van der Waals surface area contributed by atoms with Crippen molar-refractivity contribution in [2.24, 2.45) is 0 Å². The molecule has 0 unspecified atom stereocenters. The molecular formula is C22H25N3O. The fourth-order valence-corrected chi connectivity index (χ4v) is 3.12. The summed E-state index contributed by atoms with van der Waals surface area (Å²) in [5, 5.41) is 5.84. The fraction of sp³-hybridized carbons (Fsp3) is 0.227. The number of rotatable bonds is 5. The van der Waals surface area contributed by atoms with Crippen LogP contribution in [0.15, 0.2) is 60.7 Å². The van der Waals surface area contributed by atoms with E-state index in [0.29, 0.717) is 13.1 Å². The smallest absolute Gasteiger partial charge is 0.315 e. The third-order valence-corrected chi connectivity index (χ3v) is 4.56. The van der Waals surface area contributed by atoms with Crippen molar-refractivity contribution in [3.05, 3.63) is 88.7 Å². The Morgan fingerprint density at radius 2 is 1.54 bits per heavy atom. The zero-order chi connectivity index (χ0) is 18.5. The number of aryl methyl sites for hydroxylation is 2. The molecule has 4 heteroatoms. The molecule has 0 aliphatic rings. The van der Waals surface area contributed by atoms with Crippen molar-refractivity contribution >= 4 is 6.03 Å². The molecule has 26 heavy (non-hydrogen) atoms. The Labute approximate surface area is 154 Å². The number of nitrogens with one attached hydrogen (secondary N) is 2. The van der Waals surface area contributed by atoms with E-state index in [0.717, 1.165) is 28.2 Å². The lowest BCUT2D eigenvalue weighted by atomic mass is 10.2. The van der Waals surface area contributed by atoms with Crippen molar-refractivity contribution < 1.29 is 4.79 Å². The zero-order valence-electron chi connectivity index (χ0n) is 15.5. The summed E-state index contributed by atoms with van der Waals surface area (Å²) in [5.74, 6) is 0. The number of benzene rings is 2. The first kappa shape index (κ1) is 17.8. The lowest BCUT2D eigenvalue weighted by molar-refractivity contribution is 0.240. The lowest BCUT2D eigenvalue weighted by Crippen LogP contribution is -2.34. The average Bonchev–Trinajstić information content (AvgIpc) is 2.93. The average molecular weight is 347 g/mol. The van der Waals surface area contributed by atoms with Crippen LogP contribution < -0.4 is 10.6 Å². The molecule has 0 bridgehead atoms. The van der Waals surface area contributed by atoms with E-state index in [9.17, 15) is 4.79 Å². The molecule has 0 fully saturated rings. The molecule has 0 atom stereocenters. The summed E-state index contributed by atoms with van der Waals surface area (Å²) < 4.78 is 2.22. The first-order valence-electron chi connectivity index (χ1n) is 8.85. The second-order valence-corrected chi connectivity index (χ2v) is 6.59. The second-order valence-electron chi connectivity index (χ2n) is 6.59. The van der Waals surface area contributed by atoms with E-state index in [1.54, 1.807) is 0 Å². The molecule has 0 aliphatic carbocycles. The van der Waals surface area contributed by atoms with E-state index < -0.39 is 0 Å². The quantitative estimate of drug-likeness (QED) is 0.706. The van der Waals surface area contributed by atoms with Gasteiger partial charge in [-0.15, -0.1) is 0 Å². The normalized spacial score (nSPS) is 10.6. The minimum Gasteiger partial charge on any atom is -0.334 e. The van der Waals surface area contributed by atoms with Crippen LogP contribution in [0.1, 0.15) is 28.1 Å². The van der Waals surface area contributed by atoms with Gasteiger partial charge in [0, 0.05) is 30.2 Å². The van der Waals surface area contributed by atoms with Crippen molar-refractivity contribution in [1.29, 1.82) is 0 Å². The van der Waals surface area contributed by atoms with E-state index in [2.05, 4.69) is 66.3 Å². The molecule has 0 saturated heterocycles. The summed E-state index contributed by atoms with van der Waals surface area (Å²) in [6.07, 6.45) is 0. The van der Waals surface area contributed by atoms with Crippen molar-refractivity contribution in [3.8, 4) is 5.69 Å². The van der Waals surface area contributed by atoms with Gasteiger partial charge in [0.05, 0.1) is 0 Å². The van der Waals surface area contributed by atoms with Crippen LogP contribution in [-0.2, 0) is 13.1 Å². The topological polar surface area (TPSA) is 46.1 Å². The van der Waals surface area contributed by atoms with Crippen LogP contribution in [0.4, 0.5) is 4.79 Å². The molecule has 134 valence electrons. The van der Waals surface area contributed by atoms with Gasteiger partial charge in [0.25, 0.3) is 0 Å². The molecule has 2 aromatic carbocycles. The summed E-state index contributed by atoms with van der Waals surface area (Å²) in [5.41, 5.74) is 6.90. The number of nitrogens with zero attached hydrogens (tertiary/aromatic N) is 1. The van der Waals surface area contributed by atoms with Crippen LogP contribution >= 0.6 is 0 Å². The molecule has 0 saturated carbocycles. The Balaban J connectivity index is 1.62. The van der Waals surface area contributed by atoms with Gasteiger partial charge in [0.2, 0.25) is 0 Å². The number of carbonyl (C=O) groups is 1. The maximum absolute atomic E-state index is 12.1. The molecule has 1 aromatic heterocycles. The van der Waals surface area contributed by atoms with Gasteiger partial charge in [-0.25, -0.2) is 4.79 Å². The van der Waals surface area contributed by atoms with Gasteiger partial charge in [-0.05, 0) is 50.1 Å². The Bertz CT molecular complexity index is 880. The van der Waals surface area contributed by atoms with Crippen LogP contribution in [0.2, 0.25) is 0 Å². The van der Waals surface area contributed by atoms with Crippen LogP contribution in [0.3, 0.4) is 0 Å². The number of urea groups is 1. The minimum absolute atomic E-state index is 0.158. The first-order chi connectivity index (χ1) is 12.5. The van der Waals surface area contributed by atoms with Gasteiger partial charge in [0.15, 0.2) is 0 Å². The maximum Gasteiger partial charge on any atom is 0.315 e. The molecule has 4 nitrogen and oxygen atoms in total. The Kier molecular flexibility index (Phi) is 5.42. The van der Waals surface area contributed by atoms with Gasteiger partial charge in [-0.1, -0.05) is 48.0 Å². The largest absolute Gasteiger partial charge is 0.334 e. The number of amides is 2. The molecule has 0 radical (unpaired) electrons. The van der Waals surface area contributed by atoms with E-state index in [1.165, 1.54) is 5.56 Å². The van der Waals surface area contributed by atoms with E-state index in [1.807, 2.05) is 30.3 Å². The summed E-state index contributed by atoms with van der Waals surface area (Å²) >= 11 is 0. The lowest BCUT2D eigenvalue weighted by Gasteiger charge is -2.11. The number of hydrogen-bond acceptors (Lipinski definition) is 1. The molecule has 3 rings (SSSR count). The Hall–Kier alpha value is -3.01. The van der Waals surface area contributed by atoms with Crippen LogP contribution in [-0.4, -0.2) is 10.6 Å². The summed E-state index contributed by atoms with van der Waals surface area (Å²) in [4.78, 5) is 12.1. The highest BCUT2D eigenvalue weighted by Gasteiger charge is 2.11. The summed E-state index contributed by atoms with van der Waals surface area (Å²) in [6.45, 7) is 7.29. The van der Waals surface area contributed by atoms with Crippen molar-refractivity contribution in [3.63, 3.8) is 0 Å².